The number of aliphatic hydroxyl groups excluding tert-OH is 1. The Labute approximate surface area is 57.0 Å². The summed E-state index contributed by atoms with van der Waals surface area (Å²) < 4.78 is 0. The number of thioether (sulfide) groups is 1. The molecule has 2 atom stereocenters. The second-order valence-corrected chi connectivity index (χ2v) is 2.99. The Bertz CT molecular complexity index is 106. The molecule has 0 aromatic heterocycles. The summed E-state index contributed by atoms with van der Waals surface area (Å²) in [5, 5.41) is 16.3. The molecular weight excluding hydrogens is 142 g/mol. The van der Waals surface area contributed by atoms with Crippen LogP contribution < -0.4 is 5.73 Å². The number of hydrogen-bond acceptors (Lipinski definition) is 4. The quantitative estimate of drug-likeness (QED) is 0.470. The molecule has 4 nitrogen and oxygen atoms in total. The summed E-state index contributed by atoms with van der Waals surface area (Å²) >= 11 is 0.796. The standard InChI is InChI=1S/C4H9NO3S/c1-2(5)9-4(8)3(6)7/h2,4,8H,5H2,1H3,(H,6,7). The Morgan fingerprint density at radius 1 is 1.78 bits per heavy atom. The molecule has 0 aliphatic rings. The monoisotopic (exact) mass is 151 g/mol. The van der Waals surface area contributed by atoms with Gasteiger partial charge in [-0.3, -0.25) is 0 Å². The number of hydrogen-bond donors (Lipinski definition) is 3. The van der Waals surface area contributed by atoms with Crippen LogP contribution in [0, 0.1) is 0 Å². The SMILES string of the molecule is CC(N)SC(O)C(=O)O. The summed E-state index contributed by atoms with van der Waals surface area (Å²) in [5.41, 5.74) is 3.77. The molecule has 0 spiro atoms. The molecule has 0 heterocycles. The Morgan fingerprint density at radius 2 is 2.22 bits per heavy atom. The molecule has 0 aromatic carbocycles. The van der Waals surface area contributed by atoms with Crippen molar-refractivity contribution in [1.82, 2.24) is 0 Å². The molecule has 2 unspecified atom stereocenters. The van der Waals surface area contributed by atoms with Crippen LogP contribution in [-0.4, -0.2) is 27.0 Å². The van der Waals surface area contributed by atoms with Crippen molar-refractivity contribution in [2.75, 3.05) is 0 Å². The second kappa shape index (κ2) is 3.71. The van der Waals surface area contributed by atoms with Crippen molar-refractivity contribution in [2.45, 2.75) is 17.7 Å². The van der Waals surface area contributed by atoms with Crippen LogP contribution in [0.2, 0.25) is 0 Å². The second-order valence-electron chi connectivity index (χ2n) is 1.53. The van der Waals surface area contributed by atoms with Gasteiger partial charge in [0.15, 0.2) is 5.44 Å². The van der Waals surface area contributed by atoms with Gasteiger partial charge in [-0.1, -0.05) is 0 Å². The Hall–Kier alpha value is -0.260. The molecule has 9 heavy (non-hydrogen) atoms. The minimum Gasteiger partial charge on any atom is -0.479 e. The number of carboxylic acid groups (broad SMARTS) is 1. The molecule has 0 amide bonds. The first-order valence-electron chi connectivity index (χ1n) is 2.36. The van der Waals surface area contributed by atoms with Crippen LogP contribution in [0.1, 0.15) is 6.92 Å². The highest BCUT2D eigenvalue weighted by Gasteiger charge is 2.14. The normalized spacial score (nSPS) is 16.8. The maximum absolute atomic E-state index is 9.91. The summed E-state index contributed by atoms with van der Waals surface area (Å²) in [6, 6.07) is 0. The zero-order chi connectivity index (χ0) is 7.44. The number of carbonyl (C=O) groups is 1. The van der Waals surface area contributed by atoms with Crippen LogP contribution in [0.3, 0.4) is 0 Å². The third-order valence-electron chi connectivity index (χ3n) is 0.555. The van der Waals surface area contributed by atoms with E-state index in [0.717, 1.165) is 11.8 Å². The van der Waals surface area contributed by atoms with Gasteiger partial charge in [-0.05, 0) is 6.92 Å². The van der Waals surface area contributed by atoms with E-state index in [0.29, 0.717) is 0 Å². The minimum atomic E-state index is -1.40. The van der Waals surface area contributed by atoms with Crippen molar-refractivity contribution < 1.29 is 15.0 Å². The maximum atomic E-state index is 9.91. The predicted molar refractivity (Wildman–Crippen MR) is 34.9 cm³/mol. The van der Waals surface area contributed by atoms with Crippen molar-refractivity contribution >= 4 is 17.7 Å². The molecule has 0 saturated carbocycles. The van der Waals surface area contributed by atoms with E-state index in [1.54, 1.807) is 6.92 Å². The summed E-state index contributed by atoms with van der Waals surface area (Å²) in [6.07, 6.45) is 0. The number of aliphatic carboxylic acids is 1. The van der Waals surface area contributed by atoms with E-state index >= 15 is 0 Å². The van der Waals surface area contributed by atoms with Gasteiger partial charge >= 0.3 is 5.97 Å². The van der Waals surface area contributed by atoms with Crippen LogP contribution in [0.25, 0.3) is 0 Å². The number of rotatable bonds is 3. The number of aliphatic hydroxyl groups is 1. The lowest BCUT2D eigenvalue weighted by molar-refractivity contribution is -0.141. The van der Waals surface area contributed by atoms with Gasteiger partial charge in [0.25, 0.3) is 0 Å². The first-order chi connectivity index (χ1) is 4.04. The lowest BCUT2D eigenvalue weighted by Gasteiger charge is -2.06. The van der Waals surface area contributed by atoms with Crippen molar-refractivity contribution in [3.63, 3.8) is 0 Å². The fourth-order valence-electron chi connectivity index (χ4n) is 0.262. The third kappa shape index (κ3) is 4.26. The highest BCUT2D eigenvalue weighted by molar-refractivity contribution is 8.00. The molecule has 0 fully saturated rings. The topological polar surface area (TPSA) is 83.5 Å². The van der Waals surface area contributed by atoms with Gasteiger partial charge in [-0.25, -0.2) is 4.79 Å². The first kappa shape index (κ1) is 8.74. The molecule has 0 rings (SSSR count). The van der Waals surface area contributed by atoms with Crippen molar-refractivity contribution in [1.29, 1.82) is 0 Å². The summed E-state index contributed by atoms with van der Waals surface area (Å²) in [6.45, 7) is 1.61. The fraction of sp³-hybridized carbons (Fsp3) is 0.750. The Balaban J connectivity index is 3.50. The lowest BCUT2D eigenvalue weighted by Crippen LogP contribution is -2.22. The van der Waals surface area contributed by atoms with E-state index in [1.165, 1.54) is 0 Å². The van der Waals surface area contributed by atoms with E-state index in [2.05, 4.69) is 0 Å². The molecule has 0 aromatic rings. The Kier molecular flexibility index (Phi) is 3.60. The predicted octanol–water partition coefficient (Wildman–Crippen LogP) is -0.573. The third-order valence-corrected chi connectivity index (χ3v) is 1.44. The summed E-state index contributed by atoms with van der Waals surface area (Å²) in [5.74, 6) is -1.25. The van der Waals surface area contributed by atoms with Gasteiger partial charge in [-0.2, -0.15) is 0 Å². The molecule has 0 saturated heterocycles. The van der Waals surface area contributed by atoms with Gasteiger partial charge in [0.2, 0.25) is 0 Å². The molecule has 4 N–H and O–H groups in total. The van der Waals surface area contributed by atoms with Crippen LogP contribution in [0.5, 0.6) is 0 Å². The van der Waals surface area contributed by atoms with E-state index in [9.17, 15) is 4.79 Å². The van der Waals surface area contributed by atoms with E-state index in [-0.39, 0.29) is 5.37 Å². The minimum absolute atomic E-state index is 0.351. The van der Waals surface area contributed by atoms with Gasteiger partial charge in [-0.15, -0.1) is 11.8 Å². The molecule has 0 aliphatic carbocycles. The zero-order valence-electron chi connectivity index (χ0n) is 4.94. The zero-order valence-corrected chi connectivity index (χ0v) is 5.76. The fourth-order valence-corrected chi connectivity index (χ4v) is 0.785. The number of nitrogens with two attached hydrogens (primary N) is 1. The highest BCUT2D eigenvalue weighted by Crippen LogP contribution is 2.10. The number of carboxylic acids is 1. The van der Waals surface area contributed by atoms with E-state index in [1.807, 2.05) is 0 Å². The van der Waals surface area contributed by atoms with Crippen molar-refractivity contribution in [2.24, 2.45) is 5.73 Å². The van der Waals surface area contributed by atoms with Crippen LogP contribution in [-0.2, 0) is 4.79 Å². The van der Waals surface area contributed by atoms with E-state index < -0.39 is 11.4 Å². The average molecular weight is 151 g/mol. The molecular formula is C4H9NO3S. The average Bonchev–Trinajstić information content (AvgIpc) is 1.63. The smallest absolute Gasteiger partial charge is 0.343 e. The Morgan fingerprint density at radius 3 is 2.33 bits per heavy atom. The van der Waals surface area contributed by atoms with Gasteiger partial charge < -0.3 is 15.9 Å². The summed E-state index contributed by atoms with van der Waals surface area (Å²) in [7, 11) is 0. The molecule has 0 aliphatic heterocycles. The molecule has 5 heteroatoms. The van der Waals surface area contributed by atoms with Crippen LogP contribution >= 0.6 is 11.8 Å². The maximum Gasteiger partial charge on any atom is 0.343 e. The van der Waals surface area contributed by atoms with Gasteiger partial charge in [0.1, 0.15) is 0 Å². The highest BCUT2D eigenvalue weighted by atomic mass is 32.2. The van der Waals surface area contributed by atoms with Crippen LogP contribution in [0.4, 0.5) is 0 Å². The lowest BCUT2D eigenvalue weighted by atomic mass is 10.7. The van der Waals surface area contributed by atoms with Gasteiger partial charge in [0, 0.05) is 0 Å². The van der Waals surface area contributed by atoms with Crippen molar-refractivity contribution in [3.05, 3.63) is 0 Å². The van der Waals surface area contributed by atoms with Crippen LogP contribution in [0.15, 0.2) is 0 Å². The molecule has 54 valence electrons. The summed E-state index contributed by atoms with van der Waals surface area (Å²) in [4.78, 5) is 9.91. The molecule has 0 radical (unpaired) electrons. The first-order valence-corrected chi connectivity index (χ1v) is 3.30. The molecule has 0 bridgehead atoms. The van der Waals surface area contributed by atoms with E-state index in [4.69, 9.17) is 15.9 Å². The van der Waals surface area contributed by atoms with Gasteiger partial charge in [0.05, 0.1) is 5.37 Å². The largest absolute Gasteiger partial charge is 0.479 e. The van der Waals surface area contributed by atoms with Crippen molar-refractivity contribution in [3.8, 4) is 0 Å².